The number of hydrogen-bond acceptors (Lipinski definition) is 3. The highest BCUT2D eigenvalue weighted by atomic mass is 16.4. The van der Waals surface area contributed by atoms with E-state index in [4.69, 9.17) is 5.11 Å². The Hall–Kier alpha value is -2.37. The van der Waals surface area contributed by atoms with Gasteiger partial charge in [-0.15, -0.1) is 0 Å². The molecule has 88 valence electrons. The minimum absolute atomic E-state index is 0.00716. The molecule has 2 aromatic rings. The van der Waals surface area contributed by atoms with E-state index in [-0.39, 0.29) is 11.1 Å². The van der Waals surface area contributed by atoms with Crippen LogP contribution >= 0.6 is 0 Å². The van der Waals surface area contributed by atoms with Crippen LogP contribution in [0.3, 0.4) is 0 Å². The average Bonchev–Trinajstić information content (AvgIpc) is 2.67. The second-order valence-corrected chi connectivity index (χ2v) is 3.67. The third-order valence-corrected chi connectivity index (χ3v) is 2.34. The lowest BCUT2D eigenvalue weighted by Crippen LogP contribution is -2.21. The number of aromatic nitrogens is 3. The zero-order valence-electron chi connectivity index (χ0n) is 9.20. The van der Waals surface area contributed by atoms with Crippen molar-refractivity contribution >= 4 is 5.97 Å². The summed E-state index contributed by atoms with van der Waals surface area (Å²) < 4.78 is 3.06. The highest BCUT2D eigenvalue weighted by Crippen LogP contribution is 1.99. The molecule has 0 aliphatic rings. The molecular formula is C11H11N3O3. The topological polar surface area (TPSA) is 77.1 Å². The number of carboxylic acids is 1. The molecule has 0 spiro atoms. The van der Waals surface area contributed by atoms with Gasteiger partial charge < -0.3 is 9.67 Å². The Bertz CT molecular complexity index is 612. The summed E-state index contributed by atoms with van der Waals surface area (Å²) >= 11 is 0. The Balaban J connectivity index is 2.28. The molecule has 2 aromatic heterocycles. The van der Waals surface area contributed by atoms with E-state index in [0.29, 0.717) is 6.54 Å². The molecule has 6 heteroatoms. The Morgan fingerprint density at radius 3 is 2.71 bits per heavy atom. The number of carboxylic acid groups (broad SMARTS) is 1. The summed E-state index contributed by atoms with van der Waals surface area (Å²) in [6, 6.07) is 4.30. The van der Waals surface area contributed by atoms with Crippen LogP contribution in [0.2, 0.25) is 0 Å². The van der Waals surface area contributed by atoms with Gasteiger partial charge in [0.1, 0.15) is 0 Å². The van der Waals surface area contributed by atoms with Gasteiger partial charge in [0.05, 0.1) is 17.8 Å². The zero-order chi connectivity index (χ0) is 12.4. The van der Waals surface area contributed by atoms with Crippen molar-refractivity contribution in [2.24, 2.45) is 7.05 Å². The van der Waals surface area contributed by atoms with Crippen molar-refractivity contribution in [3.8, 4) is 0 Å². The Labute approximate surface area is 96.7 Å². The van der Waals surface area contributed by atoms with E-state index in [1.165, 1.54) is 16.8 Å². The molecule has 1 N–H and O–H groups in total. The molecule has 0 aliphatic heterocycles. The zero-order valence-corrected chi connectivity index (χ0v) is 9.20. The van der Waals surface area contributed by atoms with E-state index in [9.17, 15) is 9.59 Å². The van der Waals surface area contributed by atoms with Crippen molar-refractivity contribution < 1.29 is 9.90 Å². The number of carbonyl (C=O) groups is 1. The third kappa shape index (κ3) is 2.41. The average molecular weight is 233 g/mol. The molecule has 0 saturated heterocycles. The van der Waals surface area contributed by atoms with Crippen molar-refractivity contribution in [3.05, 3.63) is 52.2 Å². The quantitative estimate of drug-likeness (QED) is 0.828. The number of pyridine rings is 1. The second kappa shape index (κ2) is 4.25. The molecular weight excluding hydrogens is 222 g/mol. The fraction of sp³-hybridized carbons (Fsp3) is 0.182. The van der Waals surface area contributed by atoms with Crippen LogP contribution in [-0.4, -0.2) is 25.4 Å². The SMILES string of the molecule is Cn1ccc(Cn2ccc(C(=O)O)cc2=O)n1. The third-order valence-electron chi connectivity index (χ3n) is 2.34. The monoisotopic (exact) mass is 233 g/mol. The fourth-order valence-electron chi connectivity index (χ4n) is 1.49. The van der Waals surface area contributed by atoms with Crippen LogP contribution < -0.4 is 5.56 Å². The predicted octanol–water partition coefficient (Wildman–Crippen LogP) is 0.328. The molecule has 0 radical (unpaired) electrons. The van der Waals surface area contributed by atoms with E-state index < -0.39 is 5.97 Å². The van der Waals surface area contributed by atoms with Gasteiger partial charge >= 0.3 is 5.97 Å². The molecule has 0 atom stereocenters. The first-order valence-electron chi connectivity index (χ1n) is 4.98. The maximum Gasteiger partial charge on any atom is 0.335 e. The van der Waals surface area contributed by atoms with E-state index in [1.54, 1.807) is 24.0 Å². The predicted molar refractivity (Wildman–Crippen MR) is 60.0 cm³/mol. The minimum Gasteiger partial charge on any atom is -0.478 e. The molecule has 0 aromatic carbocycles. The number of nitrogens with zero attached hydrogens (tertiary/aromatic N) is 3. The van der Waals surface area contributed by atoms with Gasteiger partial charge in [-0.1, -0.05) is 0 Å². The lowest BCUT2D eigenvalue weighted by atomic mass is 10.2. The van der Waals surface area contributed by atoms with Gasteiger partial charge in [0.25, 0.3) is 5.56 Å². The molecule has 0 amide bonds. The maximum atomic E-state index is 11.6. The van der Waals surface area contributed by atoms with Crippen LogP contribution in [0.5, 0.6) is 0 Å². The van der Waals surface area contributed by atoms with Crippen molar-refractivity contribution in [2.75, 3.05) is 0 Å². The maximum absolute atomic E-state index is 11.6. The summed E-state index contributed by atoms with van der Waals surface area (Å²) in [6.07, 6.45) is 3.24. The van der Waals surface area contributed by atoms with Gasteiger partial charge in [0.2, 0.25) is 0 Å². The first kappa shape index (κ1) is 11.1. The lowest BCUT2D eigenvalue weighted by molar-refractivity contribution is 0.0696. The Morgan fingerprint density at radius 2 is 2.18 bits per heavy atom. The van der Waals surface area contributed by atoms with E-state index in [2.05, 4.69) is 5.10 Å². The van der Waals surface area contributed by atoms with Gasteiger partial charge in [0.15, 0.2) is 0 Å². The molecule has 0 aliphatic carbocycles. The molecule has 0 bridgehead atoms. The highest BCUT2D eigenvalue weighted by molar-refractivity contribution is 5.87. The summed E-state index contributed by atoms with van der Waals surface area (Å²) in [4.78, 5) is 22.3. The number of aromatic carboxylic acids is 1. The molecule has 17 heavy (non-hydrogen) atoms. The van der Waals surface area contributed by atoms with Gasteiger partial charge in [-0.25, -0.2) is 4.79 Å². The van der Waals surface area contributed by atoms with Crippen molar-refractivity contribution in [1.29, 1.82) is 0 Å². The van der Waals surface area contributed by atoms with E-state index >= 15 is 0 Å². The minimum atomic E-state index is -1.10. The molecule has 2 heterocycles. The molecule has 6 nitrogen and oxygen atoms in total. The number of aryl methyl sites for hydroxylation is 1. The lowest BCUT2D eigenvalue weighted by Gasteiger charge is -2.03. The Morgan fingerprint density at radius 1 is 1.41 bits per heavy atom. The van der Waals surface area contributed by atoms with Crippen molar-refractivity contribution in [3.63, 3.8) is 0 Å². The van der Waals surface area contributed by atoms with Crippen LogP contribution in [0.1, 0.15) is 16.1 Å². The summed E-state index contributed by atoms with van der Waals surface area (Å²) in [5, 5.41) is 12.9. The molecule has 0 saturated carbocycles. The molecule has 0 unspecified atom stereocenters. The highest BCUT2D eigenvalue weighted by Gasteiger charge is 2.06. The summed E-state index contributed by atoms with van der Waals surface area (Å²) in [7, 11) is 1.79. The Kier molecular flexibility index (Phi) is 2.78. The summed E-state index contributed by atoms with van der Waals surface area (Å²) in [5.41, 5.74) is 0.389. The number of hydrogen-bond donors (Lipinski definition) is 1. The summed E-state index contributed by atoms with van der Waals surface area (Å²) in [6.45, 7) is 0.333. The smallest absolute Gasteiger partial charge is 0.335 e. The normalized spacial score (nSPS) is 10.4. The molecule has 2 rings (SSSR count). The van der Waals surface area contributed by atoms with Gasteiger partial charge in [0, 0.05) is 25.5 Å². The first-order valence-corrected chi connectivity index (χ1v) is 4.98. The van der Waals surface area contributed by atoms with Crippen LogP contribution in [0.15, 0.2) is 35.4 Å². The first-order chi connectivity index (χ1) is 8.06. The van der Waals surface area contributed by atoms with E-state index in [1.807, 2.05) is 0 Å². The van der Waals surface area contributed by atoms with Gasteiger partial charge in [-0.2, -0.15) is 5.10 Å². The van der Waals surface area contributed by atoms with Crippen molar-refractivity contribution in [1.82, 2.24) is 14.3 Å². The largest absolute Gasteiger partial charge is 0.478 e. The van der Waals surface area contributed by atoms with Crippen LogP contribution in [-0.2, 0) is 13.6 Å². The molecule has 0 fully saturated rings. The van der Waals surface area contributed by atoms with Crippen molar-refractivity contribution in [2.45, 2.75) is 6.54 Å². The number of rotatable bonds is 3. The standard InChI is InChI=1S/C11H11N3O3/c1-13-4-3-9(12-13)7-14-5-2-8(11(16)17)6-10(14)15/h2-6H,7H2,1H3,(H,16,17). The van der Waals surface area contributed by atoms with Gasteiger partial charge in [-0.3, -0.25) is 9.48 Å². The van der Waals surface area contributed by atoms with E-state index in [0.717, 1.165) is 11.8 Å². The summed E-state index contributed by atoms with van der Waals surface area (Å²) in [5.74, 6) is -1.10. The second-order valence-electron chi connectivity index (χ2n) is 3.67. The van der Waals surface area contributed by atoms with Gasteiger partial charge in [-0.05, 0) is 12.1 Å². The van der Waals surface area contributed by atoms with Crippen LogP contribution in [0, 0.1) is 0 Å². The van der Waals surface area contributed by atoms with Crippen LogP contribution in [0.4, 0.5) is 0 Å². The fourth-order valence-corrected chi connectivity index (χ4v) is 1.49. The van der Waals surface area contributed by atoms with Crippen LogP contribution in [0.25, 0.3) is 0 Å².